The van der Waals surface area contributed by atoms with E-state index < -0.39 is 49.5 Å². The number of amides is 1. The highest BCUT2D eigenvalue weighted by atomic mass is 16.7. The minimum atomic E-state index is -1.56. The third kappa shape index (κ3) is 41.1. The summed E-state index contributed by atoms with van der Waals surface area (Å²) in [4.78, 5) is 13.1. The van der Waals surface area contributed by atoms with E-state index in [9.17, 15) is 30.3 Å². The molecule has 1 saturated heterocycles. The van der Waals surface area contributed by atoms with Crippen molar-refractivity contribution < 1.29 is 39.8 Å². The summed E-state index contributed by atoms with van der Waals surface area (Å²) >= 11 is 0. The standard InChI is InChI=1S/C62H115NO8/c1-3-5-7-9-11-13-15-17-19-21-23-25-26-27-28-29-30-32-33-35-37-39-41-43-45-47-49-51-56(65)55(54-70-62-61(69)60(68)59(67)57(53-64)71-62)63-58(66)52-50-48-46-44-42-40-38-36-34-31-24-22-20-18-16-14-12-10-8-6-4-2/h6,8,12,14,18,20,24,31,55-57,59-62,64-65,67-69H,3-5,7,9-11,13,15-17,19,21-23,25-30,32-54H2,1-2H3,(H,63,66)/b8-6-,14-12-,20-18-,31-24-. The van der Waals surface area contributed by atoms with Crippen LogP contribution in [0.25, 0.3) is 0 Å². The van der Waals surface area contributed by atoms with Crippen molar-refractivity contribution in [3.05, 3.63) is 48.6 Å². The lowest BCUT2D eigenvalue weighted by Gasteiger charge is -2.40. The first-order chi connectivity index (χ1) is 34.8. The van der Waals surface area contributed by atoms with Gasteiger partial charge in [-0.05, 0) is 51.4 Å². The van der Waals surface area contributed by atoms with E-state index in [1.165, 1.54) is 186 Å². The van der Waals surface area contributed by atoms with Gasteiger partial charge in [-0.25, -0.2) is 0 Å². The molecule has 1 fully saturated rings. The molecule has 0 radical (unpaired) electrons. The lowest BCUT2D eigenvalue weighted by Crippen LogP contribution is -2.60. The number of aliphatic hydroxyl groups is 5. The van der Waals surface area contributed by atoms with Gasteiger partial charge in [-0.2, -0.15) is 0 Å². The van der Waals surface area contributed by atoms with Gasteiger partial charge in [0.1, 0.15) is 24.4 Å². The molecule has 1 rings (SSSR count). The van der Waals surface area contributed by atoms with Gasteiger partial charge in [0, 0.05) is 6.42 Å². The van der Waals surface area contributed by atoms with Crippen LogP contribution in [0.1, 0.15) is 284 Å². The summed E-state index contributed by atoms with van der Waals surface area (Å²) in [5.74, 6) is -0.150. The van der Waals surface area contributed by atoms with E-state index in [2.05, 4.69) is 67.8 Å². The van der Waals surface area contributed by atoms with Gasteiger partial charge in [-0.15, -0.1) is 0 Å². The predicted molar refractivity (Wildman–Crippen MR) is 299 cm³/mol. The van der Waals surface area contributed by atoms with Crippen LogP contribution in [0.5, 0.6) is 0 Å². The second-order valence-corrected chi connectivity index (χ2v) is 21.1. The van der Waals surface area contributed by atoms with Gasteiger partial charge in [-0.1, -0.05) is 274 Å². The number of carbonyl (C=O) groups excluding carboxylic acids is 1. The molecule has 1 heterocycles. The second kappa shape index (κ2) is 51.6. The molecule has 0 aliphatic carbocycles. The molecule has 1 aliphatic rings. The monoisotopic (exact) mass is 1000 g/mol. The smallest absolute Gasteiger partial charge is 0.220 e. The fourth-order valence-corrected chi connectivity index (χ4v) is 9.68. The fraction of sp³-hybridized carbons (Fsp3) is 0.855. The number of rotatable bonds is 52. The summed E-state index contributed by atoms with van der Waals surface area (Å²) < 4.78 is 11.3. The highest BCUT2D eigenvalue weighted by Gasteiger charge is 2.44. The number of aliphatic hydroxyl groups excluding tert-OH is 5. The summed E-state index contributed by atoms with van der Waals surface area (Å²) in [5, 5.41) is 54.8. The lowest BCUT2D eigenvalue weighted by molar-refractivity contribution is -0.302. The Morgan fingerprint density at radius 3 is 1.30 bits per heavy atom. The molecule has 1 amide bonds. The van der Waals surface area contributed by atoms with E-state index in [-0.39, 0.29) is 12.5 Å². The zero-order valence-corrected chi connectivity index (χ0v) is 46.2. The number of hydrogen-bond acceptors (Lipinski definition) is 8. The second-order valence-electron chi connectivity index (χ2n) is 21.1. The van der Waals surface area contributed by atoms with Gasteiger partial charge in [0.2, 0.25) is 5.91 Å². The van der Waals surface area contributed by atoms with Gasteiger partial charge in [0.25, 0.3) is 0 Å². The average molecular weight is 1000 g/mol. The predicted octanol–water partition coefficient (Wildman–Crippen LogP) is 15.3. The Bertz CT molecular complexity index is 1250. The van der Waals surface area contributed by atoms with Crippen LogP contribution in [0.4, 0.5) is 0 Å². The zero-order chi connectivity index (χ0) is 51.5. The molecule has 416 valence electrons. The molecule has 0 aromatic heterocycles. The highest BCUT2D eigenvalue weighted by molar-refractivity contribution is 5.76. The van der Waals surface area contributed by atoms with Crippen LogP contribution in [0.2, 0.25) is 0 Å². The molecule has 7 unspecified atom stereocenters. The van der Waals surface area contributed by atoms with Crippen LogP contribution in [-0.2, 0) is 14.3 Å². The third-order valence-corrected chi connectivity index (χ3v) is 14.4. The molecule has 1 aliphatic heterocycles. The Labute approximate surface area is 437 Å². The number of ether oxygens (including phenoxy) is 2. The van der Waals surface area contributed by atoms with Crippen molar-refractivity contribution in [3.63, 3.8) is 0 Å². The summed E-state index contributed by atoms with van der Waals surface area (Å²) in [6, 6.07) is -0.726. The lowest BCUT2D eigenvalue weighted by atomic mass is 9.99. The Kier molecular flexibility index (Phi) is 48.8. The Morgan fingerprint density at radius 2 is 0.873 bits per heavy atom. The number of allylic oxidation sites excluding steroid dienone is 8. The number of nitrogens with one attached hydrogen (secondary N) is 1. The molecule has 0 aromatic carbocycles. The normalized spacial score (nSPS) is 19.6. The van der Waals surface area contributed by atoms with Gasteiger partial charge >= 0.3 is 0 Å². The summed E-state index contributed by atoms with van der Waals surface area (Å²) in [5.41, 5.74) is 0. The zero-order valence-electron chi connectivity index (χ0n) is 46.2. The first-order valence-electron chi connectivity index (χ1n) is 30.3. The number of hydrogen-bond donors (Lipinski definition) is 6. The number of unbranched alkanes of at least 4 members (excludes halogenated alkanes) is 34. The van der Waals surface area contributed by atoms with E-state index in [0.29, 0.717) is 12.8 Å². The summed E-state index contributed by atoms with van der Waals surface area (Å²) in [6.45, 7) is 3.75. The molecular formula is C62H115NO8. The molecule has 0 bridgehead atoms. The summed E-state index contributed by atoms with van der Waals surface area (Å²) in [6.07, 6.45) is 61.4. The Morgan fingerprint density at radius 1 is 0.493 bits per heavy atom. The van der Waals surface area contributed by atoms with Crippen molar-refractivity contribution in [1.29, 1.82) is 0 Å². The first-order valence-corrected chi connectivity index (χ1v) is 30.3. The molecule has 6 N–H and O–H groups in total. The van der Waals surface area contributed by atoms with E-state index in [0.717, 1.165) is 70.6 Å². The maximum Gasteiger partial charge on any atom is 0.220 e. The fourth-order valence-electron chi connectivity index (χ4n) is 9.68. The summed E-state index contributed by atoms with van der Waals surface area (Å²) in [7, 11) is 0. The molecule has 9 nitrogen and oxygen atoms in total. The van der Waals surface area contributed by atoms with Crippen molar-refractivity contribution in [2.24, 2.45) is 0 Å². The molecule has 71 heavy (non-hydrogen) atoms. The van der Waals surface area contributed by atoms with E-state index in [1.54, 1.807) is 0 Å². The van der Waals surface area contributed by atoms with Crippen molar-refractivity contribution in [1.82, 2.24) is 5.32 Å². The molecule has 7 atom stereocenters. The van der Waals surface area contributed by atoms with Crippen LogP contribution in [-0.4, -0.2) is 87.5 Å². The maximum absolute atomic E-state index is 13.1. The van der Waals surface area contributed by atoms with Crippen molar-refractivity contribution >= 4 is 5.91 Å². The van der Waals surface area contributed by atoms with E-state index >= 15 is 0 Å². The molecule has 0 spiro atoms. The van der Waals surface area contributed by atoms with Crippen LogP contribution < -0.4 is 5.32 Å². The van der Waals surface area contributed by atoms with E-state index in [4.69, 9.17) is 9.47 Å². The number of carbonyl (C=O) groups is 1. The third-order valence-electron chi connectivity index (χ3n) is 14.4. The van der Waals surface area contributed by atoms with Gasteiger partial charge in [0.15, 0.2) is 6.29 Å². The minimum absolute atomic E-state index is 0.141. The van der Waals surface area contributed by atoms with Gasteiger partial charge in [-0.3, -0.25) is 4.79 Å². The quantitative estimate of drug-likeness (QED) is 0.0261. The van der Waals surface area contributed by atoms with Crippen LogP contribution >= 0.6 is 0 Å². The van der Waals surface area contributed by atoms with Crippen molar-refractivity contribution in [2.45, 2.75) is 326 Å². The highest BCUT2D eigenvalue weighted by Crippen LogP contribution is 2.23. The molecule has 0 aromatic rings. The van der Waals surface area contributed by atoms with Crippen LogP contribution in [0.15, 0.2) is 48.6 Å². The molecule has 0 saturated carbocycles. The molecule has 9 heteroatoms. The van der Waals surface area contributed by atoms with Crippen molar-refractivity contribution in [3.8, 4) is 0 Å². The SMILES string of the molecule is CC/C=C\C/C=C\C/C=C\C/C=C\CCCCCCCCCCC(=O)NC(COC1OC(CO)C(O)C(O)C1O)C(O)CCCCCCCCCCCCCCCCCCCCCCCCCCCCC. The topological polar surface area (TPSA) is 149 Å². The van der Waals surface area contributed by atoms with Crippen LogP contribution in [0, 0.1) is 0 Å². The average Bonchev–Trinajstić information content (AvgIpc) is 3.37. The Hall–Kier alpha value is -1.85. The van der Waals surface area contributed by atoms with Crippen LogP contribution in [0.3, 0.4) is 0 Å². The largest absolute Gasteiger partial charge is 0.394 e. The van der Waals surface area contributed by atoms with E-state index in [1.807, 2.05) is 0 Å². The minimum Gasteiger partial charge on any atom is -0.394 e. The first kappa shape index (κ1) is 67.2. The Balaban J connectivity index is 2.18. The maximum atomic E-state index is 13.1. The van der Waals surface area contributed by atoms with Crippen molar-refractivity contribution in [2.75, 3.05) is 13.2 Å². The van der Waals surface area contributed by atoms with Gasteiger partial charge in [0.05, 0.1) is 25.4 Å². The van der Waals surface area contributed by atoms with Gasteiger partial charge < -0.3 is 40.3 Å². The molecular weight excluding hydrogens is 887 g/mol.